The molecule has 2 aliphatic rings. The number of rotatable bonds is 3. The fourth-order valence-corrected chi connectivity index (χ4v) is 5.25. The molecule has 0 spiro atoms. The maximum Gasteiger partial charge on any atom is 0.292 e. The molecule has 1 fully saturated rings. The highest BCUT2D eigenvalue weighted by Gasteiger charge is 2.27. The molecule has 2 aromatic carbocycles. The number of amides is 2. The highest BCUT2D eigenvalue weighted by atomic mass is 35.5. The summed E-state index contributed by atoms with van der Waals surface area (Å²) < 4.78 is 1.28. The lowest BCUT2D eigenvalue weighted by molar-refractivity contribution is -0.115. The summed E-state index contributed by atoms with van der Waals surface area (Å²) in [7, 11) is 0. The lowest BCUT2D eigenvalue weighted by Crippen LogP contribution is -2.49. The summed E-state index contributed by atoms with van der Waals surface area (Å²) >= 11 is 7.92. The second kappa shape index (κ2) is 9.15. The van der Waals surface area contributed by atoms with Crippen molar-refractivity contribution in [3.05, 3.63) is 75.7 Å². The van der Waals surface area contributed by atoms with Gasteiger partial charge in [-0.05, 0) is 37.3 Å². The van der Waals surface area contributed by atoms with Crippen LogP contribution >= 0.6 is 23.4 Å². The molecule has 5 rings (SSSR count). The van der Waals surface area contributed by atoms with Gasteiger partial charge in [0.1, 0.15) is 5.02 Å². The molecule has 1 atom stereocenters. The normalized spacial score (nSPS) is 17.8. The molecule has 1 N–H and O–H groups in total. The number of fused-ring (bicyclic) bond motifs is 1. The summed E-state index contributed by atoms with van der Waals surface area (Å²) in [5, 5.41) is 7.12. The number of halogens is 1. The van der Waals surface area contributed by atoms with Gasteiger partial charge in [-0.25, -0.2) is 0 Å². The van der Waals surface area contributed by atoms with Gasteiger partial charge in [-0.1, -0.05) is 29.8 Å². The Hall–Kier alpha value is -3.30. The Morgan fingerprint density at radius 2 is 1.82 bits per heavy atom. The molecule has 1 aromatic heterocycles. The van der Waals surface area contributed by atoms with Crippen molar-refractivity contribution in [3.63, 3.8) is 0 Å². The van der Waals surface area contributed by atoms with E-state index < -0.39 is 0 Å². The van der Waals surface area contributed by atoms with Crippen LogP contribution in [-0.2, 0) is 4.79 Å². The minimum Gasteiger partial charge on any atom is -0.365 e. The van der Waals surface area contributed by atoms with Crippen LogP contribution in [0.2, 0.25) is 5.02 Å². The number of para-hydroxylation sites is 1. The number of carbonyl (C=O) groups excluding carboxylic acids is 2. The van der Waals surface area contributed by atoms with E-state index in [4.69, 9.17) is 11.6 Å². The molecule has 2 amide bonds. The van der Waals surface area contributed by atoms with Crippen molar-refractivity contribution >= 4 is 46.6 Å². The molecule has 2 aliphatic heterocycles. The van der Waals surface area contributed by atoms with Gasteiger partial charge in [0.2, 0.25) is 5.91 Å². The van der Waals surface area contributed by atoms with Crippen LogP contribution < -0.4 is 15.8 Å². The van der Waals surface area contributed by atoms with Crippen molar-refractivity contribution in [3.8, 4) is 5.69 Å². The topological polar surface area (TPSA) is 87.5 Å². The maximum absolute atomic E-state index is 13.1. The number of nitrogens with zero attached hydrogens (tertiary/aromatic N) is 4. The maximum atomic E-state index is 13.1. The SMILES string of the molecule is C[C@@H]1Sc2ccc(C(=O)N3CCN(c4cnn(-c5ccccc5)c(=O)c4Cl)CC3)cc2NC1=O. The highest BCUT2D eigenvalue weighted by Crippen LogP contribution is 2.36. The van der Waals surface area contributed by atoms with Gasteiger partial charge in [-0.15, -0.1) is 11.8 Å². The molecule has 3 aromatic rings. The highest BCUT2D eigenvalue weighted by molar-refractivity contribution is 8.00. The standard InChI is InChI=1S/C24H22ClN5O3S/c1-15-22(31)27-18-13-16(7-8-20(18)34-15)23(32)29-11-9-28(10-12-29)19-14-26-30(24(33)21(19)25)17-5-3-2-4-6-17/h2-8,13-15H,9-12H2,1H3,(H,27,31)/t15-/m0/s1. The van der Waals surface area contributed by atoms with Crippen molar-refractivity contribution < 1.29 is 9.59 Å². The zero-order chi connectivity index (χ0) is 23.8. The van der Waals surface area contributed by atoms with E-state index in [1.54, 1.807) is 35.4 Å². The average Bonchev–Trinajstić information content (AvgIpc) is 2.86. The third-order valence-electron chi connectivity index (χ3n) is 5.97. The second-order valence-electron chi connectivity index (χ2n) is 8.14. The minimum absolute atomic E-state index is 0.0598. The van der Waals surface area contributed by atoms with Gasteiger partial charge in [0.05, 0.1) is 28.5 Å². The van der Waals surface area contributed by atoms with Gasteiger partial charge in [0, 0.05) is 36.6 Å². The van der Waals surface area contributed by atoms with Crippen molar-refractivity contribution in [1.29, 1.82) is 0 Å². The molecule has 3 heterocycles. The van der Waals surface area contributed by atoms with E-state index in [9.17, 15) is 14.4 Å². The largest absolute Gasteiger partial charge is 0.365 e. The third-order valence-corrected chi connectivity index (χ3v) is 7.50. The Labute approximate surface area is 205 Å². The monoisotopic (exact) mass is 495 g/mol. The van der Waals surface area contributed by atoms with E-state index in [1.807, 2.05) is 36.1 Å². The van der Waals surface area contributed by atoms with Crippen LogP contribution in [0.25, 0.3) is 5.69 Å². The summed E-state index contributed by atoms with van der Waals surface area (Å²) in [5.41, 5.74) is 2.04. The smallest absolute Gasteiger partial charge is 0.292 e. The van der Waals surface area contributed by atoms with E-state index >= 15 is 0 Å². The molecular weight excluding hydrogens is 474 g/mol. The number of anilines is 2. The number of hydrogen-bond acceptors (Lipinski definition) is 6. The fraction of sp³-hybridized carbons (Fsp3) is 0.250. The van der Waals surface area contributed by atoms with Crippen LogP contribution in [0.5, 0.6) is 0 Å². The van der Waals surface area contributed by atoms with Crippen molar-refractivity contribution in [2.75, 3.05) is 36.4 Å². The first kappa shape index (κ1) is 22.5. The number of benzene rings is 2. The number of nitrogens with one attached hydrogen (secondary N) is 1. The number of thioether (sulfide) groups is 1. The van der Waals surface area contributed by atoms with Gasteiger partial charge in [0.25, 0.3) is 11.5 Å². The fourth-order valence-electron chi connectivity index (χ4n) is 4.07. The number of carbonyl (C=O) groups is 2. The Morgan fingerprint density at radius 3 is 2.56 bits per heavy atom. The summed E-state index contributed by atoms with van der Waals surface area (Å²) in [6.07, 6.45) is 1.60. The second-order valence-corrected chi connectivity index (χ2v) is 9.90. The summed E-state index contributed by atoms with van der Waals surface area (Å²) in [6, 6.07) is 14.5. The van der Waals surface area contributed by atoms with Crippen molar-refractivity contribution in [2.24, 2.45) is 0 Å². The minimum atomic E-state index is -0.382. The molecule has 10 heteroatoms. The third kappa shape index (κ3) is 4.17. The lowest BCUT2D eigenvalue weighted by Gasteiger charge is -2.36. The van der Waals surface area contributed by atoms with E-state index in [2.05, 4.69) is 10.4 Å². The van der Waals surface area contributed by atoms with Crippen LogP contribution in [-0.4, -0.2) is 57.9 Å². The summed E-state index contributed by atoms with van der Waals surface area (Å²) in [5.74, 6) is -0.153. The Kier molecular flexibility index (Phi) is 6.05. The molecule has 0 aliphatic carbocycles. The molecule has 34 heavy (non-hydrogen) atoms. The first-order valence-electron chi connectivity index (χ1n) is 10.9. The zero-order valence-electron chi connectivity index (χ0n) is 18.4. The Balaban J connectivity index is 1.29. The molecule has 174 valence electrons. The predicted octanol–water partition coefficient (Wildman–Crippen LogP) is 3.28. The van der Waals surface area contributed by atoms with Crippen LogP contribution in [0.15, 0.2) is 64.4 Å². The molecular formula is C24H22ClN5O3S. The summed E-state index contributed by atoms with van der Waals surface area (Å²) in [6.45, 7) is 3.86. The molecule has 8 nitrogen and oxygen atoms in total. The number of aromatic nitrogens is 2. The van der Waals surface area contributed by atoms with Gasteiger partial charge >= 0.3 is 0 Å². The van der Waals surface area contributed by atoms with Gasteiger partial charge in [-0.3, -0.25) is 14.4 Å². The Morgan fingerprint density at radius 1 is 1.09 bits per heavy atom. The van der Waals surface area contributed by atoms with E-state index in [0.29, 0.717) is 48.8 Å². The molecule has 0 unspecified atom stereocenters. The number of piperazine rings is 1. The van der Waals surface area contributed by atoms with E-state index in [1.165, 1.54) is 16.4 Å². The molecule has 0 bridgehead atoms. The van der Waals surface area contributed by atoms with Crippen LogP contribution in [0.4, 0.5) is 11.4 Å². The zero-order valence-corrected chi connectivity index (χ0v) is 20.0. The van der Waals surface area contributed by atoms with Crippen LogP contribution in [0.1, 0.15) is 17.3 Å². The molecule has 0 radical (unpaired) electrons. The predicted molar refractivity (Wildman–Crippen MR) is 133 cm³/mol. The first-order chi connectivity index (χ1) is 16.4. The van der Waals surface area contributed by atoms with Gasteiger partial charge in [0.15, 0.2) is 0 Å². The first-order valence-corrected chi connectivity index (χ1v) is 12.2. The number of hydrogen-bond donors (Lipinski definition) is 1. The van der Waals surface area contributed by atoms with Crippen LogP contribution in [0.3, 0.4) is 0 Å². The Bertz CT molecular complexity index is 1320. The molecule has 0 saturated carbocycles. The quantitative estimate of drug-likeness (QED) is 0.600. The van der Waals surface area contributed by atoms with E-state index in [0.717, 1.165) is 4.90 Å². The summed E-state index contributed by atoms with van der Waals surface area (Å²) in [4.78, 5) is 42.6. The van der Waals surface area contributed by atoms with Gasteiger partial charge < -0.3 is 15.1 Å². The van der Waals surface area contributed by atoms with Crippen molar-refractivity contribution in [2.45, 2.75) is 17.1 Å². The van der Waals surface area contributed by atoms with Crippen LogP contribution in [0, 0.1) is 0 Å². The molecule has 1 saturated heterocycles. The lowest BCUT2D eigenvalue weighted by atomic mass is 10.1. The van der Waals surface area contributed by atoms with E-state index in [-0.39, 0.29) is 27.6 Å². The average molecular weight is 496 g/mol. The van der Waals surface area contributed by atoms with Gasteiger partial charge in [-0.2, -0.15) is 9.78 Å². The van der Waals surface area contributed by atoms with Crippen molar-refractivity contribution in [1.82, 2.24) is 14.7 Å².